The number of fused-ring (bicyclic) bond motifs is 1. The van der Waals surface area contributed by atoms with Crippen LogP contribution in [0, 0.1) is 5.21 Å². The minimum Gasteiger partial charge on any atom is -0.710 e. The molecule has 0 fully saturated rings. The van der Waals surface area contributed by atoms with Crippen molar-refractivity contribution in [2.24, 2.45) is 0 Å². The molecular formula is C15H12N2O2. The van der Waals surface area contributed by atoms with E-state index in [1.807, 2.05) is 48.5 Å². The number of methoxy groups -OCH3 is 1. The zero-order valence-electron chi connectivity index (χ0n) is 10.4. The van der Waals surface area contributed by atoms with Crippen molar-refractivity contribution in [3.63, 3.8) is 0 Å². The fourth-order valence-electron chi connectivity index (χ4n) is 2.07. The van der Waals surface area contributed by atoms with Crippen LogP contribution in [0.1, 0.15) is 0 Å². The predicted octanol–water partition coefficient (Wildman–Crippen LogP) is 2.54. The molecule has 0 bridgehead atoms. The molecule has 19 heavy (non-hydrogen) atoms. The number of rotatable bonds is 2. The zero-order valence-corrected chi connectivity index (χ0v) is 10.4. The zero-order chi connectivity index (χ0) is 13.2. The van der Waals surface area contributed by atoms with Gasteiger partial charge in [0.25, 0.3) is 0 Å². The molecule has 0 atom stereocenters. The summed E-state index contributed by atoms with van der Waals surface area (Å²) in [6.07, 6.45) is 0. The Morgan fingerprint density at radius 3 is 2.42 bits per heavy atom. The SMILES string of the molecule is COc1nc(-c2ccccc2)[n+]([O-])c2ccccc12. The topological polar surface area (TPSA) is 49.1 Å². The lowest BCUT2D eigenvalue weighted by molar-refractivity contribution is -0.568. The van der Waals surface area contributed by atoms with Gasteiger partial charge in [0.15, 0.2) is 0 Å². The summed E-state index contributed by atoms with van der Waals surface area (Å²) >= 11 is 0. The summed E-state index contributed by atoms with van der Waals surface area (Å²) in [7, 11) is 1.55. The minimum atomic E-state index is 0.344. The molecule has 3 rings (SSSR count). The Kier molecular flexibility index (Phi) is 2.76. The van der Waals surface area contributed by atoms with Gasteiger partial charge in [-0.1, -0.05) is 30.3 Å². The molecule has 0 amide bonds. The van der Waals surface area contributed by atoms with E-state index in [4.69, 9.17) is 4.74 Å². The van der Waals surface area contributed by atoms with Crippen molar-refractivity contribution in [3.8, 4) is 17.3 Å². The number of aromatic nitrogens is 2. The van der Waals surface area contributed by atoms with Crippen molar-refractivity contribution in [1.82, 2.24) is 4.98 Å². The first-order valence-electron chi connectivity index (χ1n) is 5.93. The Hall–Kier alpha value is -2.62. The van der Waals surface area contributed by atoms with Gasteiger partial charge >= 0.3 is 11.7 Å². The van der Waals surface area contributed by atoms with Crippen molar-refractivity contribution in [2.45, 2.75) is 0 Å². The van der Waals surface area contributed by atoms with E-state index in [9.17, 15) is 5.21 Å². The minimum absolute atomic E-state index is 0.344. The molecule has 0 aliphatic carbocycles. The first-order chi connectivity index (χ1) is 9.31. The molecule has 0 aliphatic heterocycles. The van der Waals surface area contributed by atoms with E-state index in [1.165, 1.54) is 0 Å². The van der Waals surface area contributed by atoms with Gasteiger partial charge in [-0.15, -0.1) is 0 Å². The van der Waals surface area contributed by atoms with E-state index in [1.54, 1.807) is 13.2 Å². The molecule has 0 unspecified atom stereocenters. The first-order valence-corrected chi connectivity index (χ1v) is 5.93. The van der Waals surface area contributed by atoms with Crippen molar-refractivity contribution >= 4 is 10.9 Å². The first kappa shape index (κ1) is 11.5. The summed E-state index contributed by atoms with van der Waals surface area (Å²) in [5.74, 6) is 0.803. The van der Waals surface area contributed by atoms with Crippen LogP contribution in [-0.4, -0.2) is 12.1 Å². The van der Waals surface area contributed by atoms with Gasteiger partial charge in [-0.05, 0) is 29.2 Å². The fraction of sp³-hybridized carbons (Fsp3) is 0.0667. The number of benzene rings is 2. The highest BCUT2D eigenvalue weighted by atomic mass is 16.5. The van der Waals surface area contributed by atoms with Crippen molar-refractivity contribution in [3.05, 3.63) is 59.8 Å². The van der Waals surface area contributed by atoms with E-state index < -0.39 is 0 Å². The van der Waals surface area contributed by atoms with Crippen LogP contribution in [0.4, 0.5) is 0 Å². The summed E-state index contributed by atoms with van der Waals surface area (Å²) < 4.78 is 6.12. The van der Waals surface area contributed by atoms with Crippen LogP contribution in [0.15, 0.2) is 54.6 Å². The van der Waals surface area contributed by atoms with Crippen LogP contribution >= 0.6 is 0 Å². The number of ether oxygens (including phenoxy) is 1. The summed E-state index contributed by atoms with van der Waals surface area (Å²) in [5, 5.41) is 13.1. The lowest BCUT2D eigenvalue weighted by Crippen LogP contribution is -2.31. The molecular weight excluding hydrogens is 240 g/mol. The summed E-state index contributed by atoms with van der Waals surface area (Å²) in [6.45, 7) is 0. The van der Waals surface area contributed by atoms with Crippen LogP contribution < -0.4 is 9.47 Å². The Morgan fingerprint density at radius 2 is 1.68 bits per heavy atom. The van der Waals surface area contributed by atoms with Gasteiger partial charge in [-0.2, -0.15) is 0 Å². The molecule has 4 heteroatoms. The molecule has 4 nitrogen and oxygen atoms in total. The lowest BCUT2D eigenvalue weighted by Gasteiger charge is -2.10. The fourth-order valence-corrected chi connectivity index (χ4v) is 2.07. The molecule has 94 valence electrons. The monoisotopic (exact) mass is 252 g/mol. The molecule has 0 radical (unpaired) electrons. The second-order valence-corrected chi connectivity index (χ2v) is 4.12. The molecule has 0 saturated heterocycles. The van der Waals surface area contributed by atoms with Crippen molar-refractivity contribution in [1.29, 1.82) is 0 Å². The van der Waals surface area contributed by atoms with E-state index in [0.717, 1.165) is 10.3 Å². The van der Waals surface area contributed by atoms with Gasteiger partial charge in [0.05, 0.1) is 12.7 Å². The Balaban J connectivity index is 2.35. The number of hydrogen-bond donors (Lipinski definition) is 0. The quantitative estimate of drug-likeness (QED) is 0.520. The van der Waals surface area contributed by atoms with Gasteiger partial charge in [-0.25, -0.2) is 4.73 Å². The van der Waals surface area contributed by atoms with Gasteiger partial charge in [0.2, 0.25) is 0 Å². The molecule has 0 saturated carbocycles. The highest BCUT2D eigenvalue weighted by molar-refractivity contribution is 5.82. The van der Waals surface area contributed by atoms with Crippen LogP contribution in [0.3, 0.4) is 0 Å². The highest BCUT2D eigenvalue weighted by Gasteiger charge is 2.19. The van der Waals surface area contributed by atoms with Gasteiger partial charge in [-0.3, -0.25) is 0 Å². The third-order valence-corrected chi connectivity index (χ3v) is 2.98. The molecule has 0 aliphatic rings. The Morgan fingerprint density at radius 1 is 1.00 bits per heavy atom. The smallest absolute Gasteiger partial charge is 0.340 e. The lowest BCUT2D eigenvalue weighted by atomic mass is 10.2. The molecule has 3 aromatic rings. The third kappa shape index (κ3) is 1.87. The Labute approximate surface area is 110 Å². The highest BCUT2D eigenvalue weighted by Crippen LogP contribution is 2.24. The van der Waals surface area contributed by atoms with E-state index in [2.05, 4.69) is 4.98 Å². The molecule has 1 heterocycles. The van der Waals surface area contributed by atoms with Crippen molar-refractivity contribution in [2.75, 3.05) is 7.11 Å². The molecule has 0 spiro atoms. The normalized spacial score (nSPS) is 10.6. The maximum Gasteiger partial charge on any atom is 0.340 e. The largest absolute Gasteiger partial charge is 0.710 e. The number of hydrogen-bond acceptors (Lipinski definition) is 3. The van der Waals surface area contributed by atoms with Crippen LogP contribution in [-0.2, 0) is 0 Å². The van der Waals surface area contributed by atoms with E-state index >= 15 is 0 Å². The summed E-state index contributed by atoms with van der Waals surface area (Å²) in [4.78, 5) is 4.32. The number of para-hydroxylation sites is 1. The van der Waals surface area contributed by atoms with Crippen molar-refractivity contribution < 1.29 is 9.47 Å². The van der Waals surface area contributed by atoms with Gasteiger partial charge in [0, 0.05) is 0 Å². The molecule has 0 N–H and O–H groups in total. The Bertz CT molecular complexity index is 727. The molecule has 1 aromatic heterocycles. The average Bonchev–Trinajstić information content (AvgIpc) is 2.49. The van der Waals surface area contributed by atoms with Crippen LogP contribution in [0.2, 0.25) is 0 Å². The average molecular weight is 252 g/mol. The van der Waals surface area contributed by atoms with Gasteiger partial charge in [0.1, 0.15) is 10.9 Å². The second-order valence-electron chi connectivity index (χ2n) is 4.12. The third-order valence-electron chi connectivity index (χ3n) is 2.98. The van der Waals surface area contributed by atoms with E-state index in [-0.39, 0.29) is 0 Å². The standard InChI is InChI=1S/C15H12N2O2/c1-19-15-12-9-5-6-10-13(12)17(18)14(16-15)11-7-3-2-4-8-11/h2-10H,1H3. The van der Waals surface area contributed by atoms with Gasteiger partial charge < -0.3 is 9.94 Å². The number of nitrogens with zero attached hydrogens (tertiary/aromatic N) is 2. The second kappa shape index (κ2) is 4.57. The van der Waals surface area contributed by atoms with Crippen LogP contribution in [0.25, 0.3) is 22.3 Å². The predicted molar refractivity (Wildman–Crippen MR) is 72.7 cm³/mol. The summed E-state index contributed by atoms with van der Waals surface area (Å²) in [6, 6.07) is 16.6. The molecule has 2 aromatic carbocycles. The summed E-state index contributed by atoms with van der Waals surface area (Å²) in [5.41, 5.74) is 1.31. The maximum atomic E-state index is 12.4. The maximum absolute atomic E-state index is 12.4. The van der Waals surface area contributed by atoms with E-state index in [0.29, 0.717) is 22.6 Å². The van der Waals surface area contributed by atoms with Crippen LogP contribution in [0.5, 0.6) is 5.88 Å².